The minimum Gasteiger partial charge on any atom is -0.491 e. The lowest BCUT2D eigenvalue weighted by atomic mass is 10.0. The van der Waals surface area contributed by atoms with Crippen molar-refractivity contribution in [3.05, 3.63) is 62.9 Å². The molecule has 0 aliphatic heterocycles. The molecule has 2 rings (SSSR count). The fraction of sp³-hybridized carbons (Fsp3) is 0.545. The lowest BCUT2D eigenvalue weighted by Gasteiger charge is -2.17. The molecule has 1 heterocycles. The topological polar surface area (TPSA) is 107 Å². The fourth-order valence-corrected chi connectivity index (χ4v) is 4.92. The van der Waals surface area contributed by atoms with Crippen LogP contribution in [0.1, 0.15) is 51.5 Å². The second-order valence-electron chi connectivity index (χ2n) is 7.78. The van der Waals surface area contributed by atoms with Gasteiger partial charge in [-0.1, -0.05) is 32.4 Å². The van der Waals surface area contributed by atoms with Crippen molar-refractivity contribution in [1.82, 2.24) is 9.55 Å². The van der Waals surface area contributed by atoms with E-state index in [0.717, 1.165) is 24.2 Å². The third-order valence-corrected chi connectivity index (χ3v) is 6.75. The summed E-state index contributed by atoms with van der Waals surface area (Å²) in [5, 5.41) is 0. The molecule has 2 atom stereocenters. The normalized spacial score (nSPS) is 13.6. The van der Waals surface area contributed by atoms with Crippen molar-refractivity contribution in [2.75, 3.05) is 18.1 Å². The second-order valence-corrected chi connectivity index (χ2v) is 10.0. The maximum absolute atomic E-state index is 12.5. The predicted molar refractivity (Wildman–Crippen MR) is 120 cm³/mol. The van der Waals surface area contributed by atoms with Crippen molar-refractivity contribution >= 4 is 9.84 Å². The summed E-state index contributed by atoms with van der Waals surface area (Å²) < 4.78 is 37.5. The maximum Gasteiger partial charge on any atom is 0.330 e. The van der Waals surface area contributed by atoms with Crippen LogP contribution < -0.4 is 16.0 Å². The second kappa shape index (κ2) is 11.9. The van der Waals surface area contributed by atoms with Crippen LogP contribution in [0.2, 0.25) is 0 Å². The summed E-state index contributed by atoms with van der Waals surface area (Å²) in [6, 6.07) is 8.84. The van der Waals surface area contributed by atoms with Crippen molar-refractivity contribution < 1.29 is 17.9 Å². The third kappa shape index (κ3) is 8.70. The molecule has 172 valence electrons. The zero-order valence-electron chi connectivity index (χ0n) is 18.4. The molecular weight excluding hydrogens is 420 g/mol. The van der Waals surface area contributed by atoms with Gasteiger partial charge in [0.15, 0.2) is 9.84 Å². The van der Waals surface area contributed by atoms with E-state index < -0.39 is 21.1 Å². The van der Waals surface area contributed by atoms with E-state index in [-0.39, 0.29) is 36.9 Å². The van der Waals surface area contributed by atoms with Gasteiger partial charge in [-0.25, -0.2) is 13.2 Å². The van der Waals surface area contributed by atoms with Crippen LogP contribution >= 0.6 is 0 Å². The van der Waals surface area contributed by atoms with Crippen LogP contribution in [0.5, 0.6) is 5.75 Å². The van der Waals surface area contributed by atoms with E-state index in [0.29, 0.717) is 6.42 Å². The number of nitrogens with one attached hydrogen (secondary N) is 1. The van der Waals surface area contributed by atoms with Gasteiger partial charge in [0.05, 0.1) is 17.6 Å². The number of aromatic amines is 1. The highest BCUT2D eigenvalue weighted by molar-refractivity contribution is 7.91. The van der Waals surface area contributed by atoms with Crippen molar-refractivity contribution in [3.8, 4) is 5.75 Å². The molecule has 2 aromatic rings. The lowest BCUT2D eigenvalue weighted by Crippen LogP contribution is -2.29. The number of H-pyrrole nitrogens is 1. The maximum atomic E-state index is 12.5. The molecule has 1 aromatic heterocycles. The number of ether oxygens (including phenoxy) is 2. The first-order chi connectivity index (χ1) is 14.7. The van der Waals surface area contributed by atoms with Crippen LogP contribution in [0.3, 0.4) is 0 Å². The number of nitrogens with zero attached hydrogens (tertiary/aromatic N) is 1. The summed E-state index contributed by atoms with van der Waals surface area (Å²) in [6.07, 6.45) is 3.78. The predicted octanol–water partition coefficient (Wildman–Crippen LogP) is 2.69. The monoisotopic (exact) mass is 452 g/mol. The number of rotatable bonds is 13. The summed E-state index contributed by atoms with van der Waals surface area (Å²) in [7, 11) is -3.27. The van der Waals surface area contributed by atoms with Crippen LogP contribution in [0.15, 0.2) is 46.1 Å². The van der Waals surface area contributed by atoms with E-state index in [9.17, 15) is 18.0 Å². The molecule has 0 aliphatic rings. The van der Waals surface area contributed by atoms with Gasteiger partial charge in [0.2, 0.25) is 0 Å². The Morgan fingerprint density at radius 2 is 1.94 bits per heavy atom. The molecule has 0 aliphatic carbocycles. The first kappa shape index (κ1) is 24.9. The first-order valence-electron chi connectivity index (χ1n) is 10.5. The van der Waals surface area contributed by atoms with Crippen LogP contribution in [0.4, 0.5) is 0 Å². The highest BCUT2D eigenvalue weighted by Crippen LogP contribution is 2.23. The molecule has 31 heavy (non-hydrogen) atoms. The number of hydrogen-bond acceptors (Lipinski definition) is 6. The van der Waals surface area contributed by atoms with E-state index in [2.05, 4.69) is 11.9 Å². The Morgan fingerprint density at radius 3 is 2.65 bits per heavy atom. The molecule has 0 saturated heterocycles. The van der Waals surface area contributed by atoms with E-state index in [1.165, 1.54) is 16.8 Å². The van der Waals surface area contributed by atoms with Gasteiger partial charge in [-0.05, 0) is 43.4 Å². The van der Waals surface area contributed by atoms with Crippen molar-refractivity contribution in [2.24, 2.45) is 0 Å². The van der Waals surface area contributed by atoms with Gasteiger partial charge in [0.25, 0.3) is 5.56 Å². The molecule has 0 fully saturated rings. The molecule has 9 heteroatoms. The minimum atomic E-state index is -3.27. The van der Waals surface area contributed by atoms with Crippen molar-refractivity contribution in [1.29, 1.82) is 0 Å². The molecule has 0 unspecified atom stereocenters. The van der Waals surface area contributed by atoms with E-state index >= 15 is 0 Å². The van der Waals surface area contributed by atoms with Crippen LogP contribution in [0, 0.1) is 0 Å². The summed E-state index contributed by atoms with van der Waals surface area (Å²) in [5.74, 6) is 0.645. The summed E-state index contributed by atoms with van der Waals surface area (Å²) in [4.78, 5) is 24.7. The zero-order valence-corrected chi connectivity index (χ0v) is 19.2. The molecule has 1 aromatic carbocycles. The molecule has 0 bridgehead atoms. The number of sulfone groups is 1. The van der Waals surface area contributed by atoms with Crippen molar-refractivity contribution in [2.45, 2.75) is 58.8 Å². The number of aromatic nitrogens is 2. The third-order valence-electron chi connectivity index (χ3n) is 4.83. The van der Waals surface area contributed by atoms with Crippen LogP contribution in [-0.4, -0.2) is 42.2 Å². The standard InChI is InChI=1S/C22H32N2O6S/c1-4-7-18(3)30-20-9-5-8-19(14-20)17(2)15-31(27,28)13-6-12-29-16-24-11-10-21(25)23-22(24)26/h5,8-11,14,17-18H,4,6-7,12-13,15-16H2,1-3H3,(H,23,25,26)/t17-,18+/m0/s1. The summed E-state index contributed by atoms with van der Waals surface area (Å²) in [6.45, 7) is 6.18. The number of hydrogen-bond donors (Lipinski definition) is 1. The van der Waals surface area contributed by atoms with Crippen LogP contribution in [-0.2, 0) is 21.3 Å². The smallest absolute Gasteiger partial charge is 0.330 e. The van der Waals surface area contributed by atoms with Gasteiger partial charge in [-0.15, -0.1) is 0 Å². The highest BCUT2D eigenvalue weighted by Gasteiger charge is 2.18. The van der Waals surface area contributed by atoms with Gasteiger partial charge < -0.3 is 9.47 Å². The van der Waals surface area contributed by atoms with Gasteiger partial charge >= 0.3 is 5.69 Å². The Hall–Kier alpha value is -2.39. The Balaban J connectivity index is 1.81. The summed E-state index contributed by atoms with van der Waals surface area (Å²) >= 11 is 0. The first-order valence-corrected chi connectivity index (χ1v) is 12.4. The summed E-state index contributed by atoms with van der Waals surface area (Å²) in [5.41, 5.74) is -0.114. The van der Waals surface area contributed by atoms with Gasteiger partial charge in [-0.3, -0.25) is 14.3 Å². The van der Waals surface area contributed by atoms with E-state index in [4.69, 9.17) is 9.47 Å². The SMILES string of the molecule is CCC[C@@H](C)Oc1cccc([C@@H](C)CS(=O)(=O)CCCOCn2ccc(=O)[nH]c2=O)c1. The average Bonchev–Trinajstić information content (AvgIpc) is 2.69. The minimum absolute atomic E-state index is 0.00157. The fourth-order valence-electron chi connectivity index (χ4n) is 3.24. The quantitative estimate of drug-likeness (QED) is 0.468. The molecule has 8 nitrogen and oxygen atoms in total. The molecule has 1 N–H and O–H groups in total. The molecule has 0 spiro atoms. The Kier molecular flexibility index (Phi) is 9.51. The molecule has 0 saturated carbocycles. The zero-order chi connectivity index (χ0) is 22.9. The lowest BCUT2D eigenvalue weighted by molar-refractivity contribution is 0.0745. The Morgan fingerprint density at radius 1 is 1.16 bits per heavy atom. The van der Waals surface area contributed by atoms with Crippen molar-refractivity contribution in [3.63, 3.8) is 0 Å². The largest absolute Gasteiger partial charge is 0.491 e. The van der Waals surface area contributed by atoms with Gasteiger partial charge in [-0.2, -0.15) is 0 Å². The van der Waals surface area contributed by atoms with E-state index in [1.807, 2.05) is 38.1 Å². The van der Waals surface area contributed by atoms with Gasteiger partial charge in [0.1, 0.15) is 12.5 Å². The Labute approximate surface area is 183 Å². The van der Waals surface area contributed by atoms with Crippen LogP contribution in [0.25, 0.3) is 0 Å². The molecular formula is C22H32N2O6S. The number of benzene rings is 1. The van der Waals surface area contributed by atoms with E-state index in [1.54, 1.807) is 0 Å². The average molecular weight is 453 g/mol. The Bertz CT molecular complexity index is 1040. The molecule has 0 radical (unpaired) electrons. The highest BCUT2D eigenvalue weighted by atomic mass is 32.2. The molecule has 0 amide bonds. The van der Waals surface area contributed by atoms with Gasteiger partial charge in [0, 0.05) is 18.9 Å².